The lowest BCUT2D eigenvalue weighted by Crippen LogP contribution is -2.67. The summed E-state index contributed by atoms with van der Waals surface area (Å²) in [6, 6.07) is 2.27. The van der Waals surface area contributed by atoms with Gasteiger partial charge in [0, 0.05) is 31.1 Å². The van der Waals surface area contributed by atoms with Crippen LogP contribution in [-0.4, -0.2) is 57.8 Å². The van der Waals surface area contributed by atoms with Crippen molar-refractivity contribution in [3.8, 4) is 5.69 Å². The molecule has 0 aliphatic carbocycles. The van der Waals surface area contributed by atoms with Crippen molar-refractivity contribution >= 4 is 40.2 Å². The monoisotopic (exact) mass is 562 g/mol. The highest BCUT2D eigenvalue weighted by Crippen LogP contribution is 2.41. The van der Waals surface area contributed by atoms with Crippen molar-refractivity contribution in [1.29, 1.82) is 0 Å². The smallest absolute Gasteiger partial charge is 0.395 e. The van der Waals surface area contributed by atoms with Crippen LogP contribution in [0.4, 0.5) is 13.2 Å². The first-order chi connectivity index (χ1) is 17.2. The first-order valence-electron chi connectivity index (χ1n) is 10.6. The Bertz CT molecular complexity index is 1290. The van der Waals surface area contributed by atoms with E-state index in [1.807, 2.05) is 0 Å². The van der Waals surface area contributed by atoms with Gasteiger partial charge in [0.05, 0.1) is 34.7 Å². The summed E-state index contributed by atoms with van der Waals surface area (Å²) >= 11 is 13.2. The van der Waals surface area contributed by atoms with E-state index in [0.717, 1.165) is 16.9 Å². The molecule has 5 heterocycles. The molecule has 9 nitrogen and oxygen atoms in total. The Morgan fingerprint density at radius 1 is 1.39 bits per heavy atom. The van der Waals surface area contributed by atoms with Crippen molar-refractivity contribution in [1.82, 2.24) is 25.1 Å². The lowest BCUT2D eigenvalue weighted by atomic mass is 9.88. The third-order valence-electron chi connectivity index (χ3n) is 5.87. The summed E-state index contributed by atoms with van der Waals surface area (Å²) in [5.41, 5.74) is 5.38. The van der Waals surface area contributed by atoms with Gasteiger partial charge in [-0.25, -0.2) is 14.6 Å². The number of halogens is 5. The fourth-order valence-corrected chi connectivity index (χ4v) is 5.28. The first kappa shape index (κ1) is 25.2. The number of rotatable bonds is 6. The van der Waals surface area contributed by atoms with Crippen LogP contribution in [0.3, 0.4) is 0 Å². The van der Waals surface area contributed by atoms with Crippen molar-refractivity contribution in [2.75, 3.05) is 13.7 Å². The Morgan fingerprint density at radius 3 is 2.83 bits per heavy atom. The van der Waals surface area contributed by atoms with Crippen molar-refractivity contribution in [2.24, 2.45) is 5.73 Å². The number of hydrogen-bond donors (Lipinski definition) is 2. The third-order valence-corrected chi connectivity index (χ3v) is 7.29. The van der Waals surface area contributed by atoms with Gasteiger partial charge < -0.3 is 25.3 Å². The third kappa shape index (κ3) is 4.66. The summed E-state index contributed by atoms with van der Waals surface area (Å²) in [4.78, 5) is 7.65. The minimum atomic E-state index is -4.73. The lowest BCUT2D eigenvalue weighted by Gasteiger charge is -2.51. The first-order valence-corrected chi connectivity index (χ1v) is 12.2. The van der Waals surface area contributed by atoms with Gasteiger partial charge in [0.2, 0.25) is 0 Å². The van der Waals surface area contributed by atoms with Crippen molar-refractivity contribution < 1.29 is 27.4 Å². The Labute approximate surface area is 217 Å². The molecular formula is C21H19Cl2F3N6O3S. The maximum absolute atomic E-state index is 13.7. The molecule has 0 amide bonds. The normalized spacial score (nSPS) is 26.4. The van der Waals surface area contributed by atoms with Crippen molar-refractivity contribution in [3.63, 3.8) is 0 Å². The molecule has 36 heavy (non-hydrogen) atoms. The molecule has 5 unspecified atom stereocenters. The molecule has 2 fully saturated rings. The molecule has 0 spiro atoms. The highest BCUT2D eigenvalue weighted by atomic mass is 35.5. The molecule has 192 valence electrons. The molecule has 0 saturated carbocycles. The maximum atomic E-state index is 13.7. The Morgan fingerprint density at radius 2 is 2.19 bits per heavy atom. The molecule has 3 aromatic rings. The largest absolute Gasteiger partial charge is 0.435 e. The Kier molecular flexibility index (Phi) is 6.87. The molecule has 0 bridgehead atoms. The van der Waals surface area contributed by atoms with Gasteiger partial charge in [-0.05, 0) is 12.1 Å². The van der Waals surface area contributed by atoms with E-state index in [2.05, 4.69) is 20.4 Å². The van der Waals surface area contributed by atoms with Crippen LogP contribution < -0.4 is 11.1 Å². The van der Waals surface area contributed by atoms with Gasteiger partial charge >= 0.3 is 6.18 Å². The van der Waals surface area contributed by atoms with Gasteiger partial charge in [0.25, 0.3) is 0 Å². The van der Waals surface area contributed by atoms with Crippen LogP contribution in [0.2, 0.25) is 10.2 Å². The lowest BCUT2D eigenvalue weighted by molar-refractivity contribution is -0.280. The number of alkyl halides is 3. The quantitative estimate of drug-likeness (QED) is 0.466. The standard InChI is InChI=1S/C21H19Cl2F3N6O3S/c1-33-18-15(28-6-10(27)20-31-14(23)8-36-20)17-13(7-34-17)35-16(18)11-2-3-30-32(11)12-4-9(22)5-29-19(12)21(24,25)26/h2-6,8,13,15-18,28H,7,27H2,1H3/b10-6-. The minimum Gasteiger partial charge on any atom is -0.395 e. The van der Waals surface area contributed by atoms with Gasteiger partial charge in [-0.15, -0.1) is 11.3 Å². The van der Waals surface area contributed by atoms with Crippen LogP contribution in [0, 0.1) is 0 Å². The van der Waals surface area contributed by atoms with Gasteiger partial charge in [-0.3, -0.25) is 0 Å². The van der Waals surface area contributed by atoms with E-state index >= 15 is 0 Å². The number of fused-ring (bicyclic) bond motifs is 1. The fourth-order valence-electron chi connectivity index (χ4n) is 4.25. The van der Waals surface area contributed by atoms with E-state index in [1.165, 1.54) is 24.6 Å². The molecule has 2 saturated heterocycles. The van der Waals surface area contributed by atoms with Crippen molar-refractivity contribution in [2.45, 2.75) is 36.6 Å². The summed E-state index contributed by atoms with van der Waals surface area (Å²) in [6.07, 6.45) is -3.02. The second-order valence-corrected chi connectivity index (χ2v) is 9.73. The highest BCUT2D eigenvalue weighted by molar-refractivity contribution is 7.11. The number of aromatic nitrogens is 4. The number of nitrogens with zero attached hydrogens (tertiary/aromatic N) is 4. The second-order valence-electron chi connectivity index (χ2n) is 8.05. The molecular weight excluding hydrogens is 544 g/mol. The fraction of sp³-hybridized carbons (Fsp3) is 0.381. The zero-order valence-corrected chi connectivity index (χ0v) is 20.8. The molecule has 3 N–H and O–H groups in total. The molecule has 3 aromatic heterocycles. The van der Waals surface area contributed by atoms with E-state index in [9.17, 15) is 13.2 Å². The predicted molar refractivity (Wildman–Crippen MR) is 126 cm³/mol. The van der Waals surface area contributed by atoms with Crippen LogP contribution in [0.1, 0.15) is 22.5 Å². The van der Waals surface area contributed by atoms with Gasteiger partial charge in [0.1, 0.15) is 34.6 Å². The van der Waals surface area contributed by atoms with Crippen LogP contribution in [-0.2, 0) is 20.4 Å². The number of ether oxygens (including phenoxy) is 3. The van der Waals surface area contributed by atoms with E-state index < -0.39 is 30.1 Å². The van der Waals surface area contributed by atoms with E-state index in [1.54, 1.807) is 17.6 Å². The van der Waals surface area contributed by atoms with Gasteiger partial charge in [-0.2, -0.15) is 18.3 Å². The zero-order valence-electron chi connectivity index (χ0n) is 18.4. The van der Waals surface area contributed by atoms with E-state index in [4.69, 9.17) is 43.1 Å². The number of nitrogens with two attached hydrogens (primary N) is 1. The molecule has 0 aromatic carbocycles. The van der Waals surface area contributed by atoms with Crippen LogP contribution in [0.5, 0.6) is 0 Å². The summed E-state index contributed by atoms with van der Waals surface area (Å²) in [6.45, 7) is 0.317. The molecule has 5 atom stereocenters. The van der Waals surface area contributed by atoms with Crippen molar-refractivity contribution in [3.05, 3.63) is 62.7 Å². The number of hydrogen-bond acceptors (Lipinski definition) is 9. The summed E-state index contributed by atoms with van der Waals surface area (Å²) in [5.74, 6) is 0. The zero-order chi connectivity index (χ0) is 25.6. The molecule has 15 heteroatoms. The highest BCUT2D eigenvalue weighted by Gasteiger charge is 2.53. The molecule has 5 rings (SSSR count). The number of thiazole rings is 1. The van der Waals surface area contributed by atoms with E-state index in [0.29, 0.717) is 28.2 Å². The summed E-state index contributed by atoms with van der Waals surface area (Å²) < 4.78 is 60.0. The Balaban J connectivity index is 1.49. The summed E-state index contributed by atoms with van der Waals surface area (Å²) in [5, 5.41) is 9.90. The topological polar surface area (TPSA) is 109 Å². The Hall–Kier alpha value is -2.42. The summed E-state index contributed by atoms with van der Waals surface area (Å²) in [7, 11) is 1.48. The van der Waals surface area contributed by atoms with Crippen LogP contribution in [0.25, 0.3) is 11.4 Å². The number of pyridine rings is 1. The molecule has 0 radical (unpaired) electrons. The van der Waals surface area contributed by atoms with Crippen LogP contribution >= 0.6 is 34.5 Å². The predicted octanol–water partition coefficient (Wildman–Crippen LogP) is 3.82. The number of methoxy groups -OCH3 is 1. The molecule has 2 aliphatic rings. The van der Waals surface area contributed by atoms with Crippen LogP contribution in [0.15, 0.2) is 36.1 Å². The van der Waals surface area contributed by atoms with Gasteiger partial charge in [-0.1, -0.05) is 23.2 Å². The average molecular weight is 563 g/mol. The molecule has 2 aliphatic heterocycles. The minimum absolute atomic E-state index is 0.0298. The average Bonchev–Trinajstić information content (AvgIpc) is 3.46. The second kappa shape index (κ2) is 9.80. The number of nitrogens with one attached hydrogen (secondary N) is 1. The van der Waals surface area contributed by atoms with E-state index in [-0.39, 0.29) is 22.9 Å². The maximum Gasteiger partial charge on any atom is 0.435 e. The van der Waals surface area contributed by atoms with Gasteiger partial charge in [0.15, 0.2) is 5.69 Å². The SMILES string of the molecule is COC1C(c2ccnn2-c2cc(Cl)cnc2C(F)(F)F)OC2COC2C1N/C=C(\N)c1nc(Cl)cs1.